The molecule has 6 heteroatoms. The molecule has 21 heavy (non-hydrogen) atoms. The van der Waals surface area contributed by atoms with Gasteiger partial charge in [0.05, 0.1) is 11.5 Å². The van der Waals surface area contributed by atoms with Crippen molar-refractivity contribution in [3.8, 4) is 0 Å². The summed E-state index contributed by atoms with van der Waals surface area (Å²) in [6.07, 6.45) is 0.682. The molecule has 2 N–H and O–H groups in total. The fraction of sp³-hybridized carbons (Fsp3) is 0.600. The molecule has 1 unspecified atom stereocenters. The molecule has 120 valence electrons. The molecule has 1 aromatic carbocycles. The van der Waals surface area contributed by atoms with Gasteiger partial charge in [0.1, 0.15) is 0 Å². The van der Waals surface area contributed by atoms with Crippen LogP contribution in [0.3, 0.4) is 0 Å². The third-order valence-corrected chi connectivity index (χ3v) is 5.14. The molecule has 0 fully saturated rings. The van der Waals surface area contributed by atoms with Crippen LogP contribution in [0.2, 0.25) is 0 Å². The van der Waals surface area contributed by atoms with E-state index in [-0.39, 0.29) is 6.04 Å². The molecule has 0 spiro atoms. The summed E-state index contributed by atoms with van der Waals surface area (Å²) < 4.78 is 32.9. The minimum Gasteiger partial charge on any atom is -0.383 e. The Labute approximate surface area is 128 Å². The maximum atomic E-state index is 12.6. The molecule has 1 rings (SSSR count). The van der Waals surface area contributed by atoms with Crippen molar-refractivity contribution in [2.24, 2.45) is 0 Å². The van der Waals surface area contributed by atoms with Crippen LogP contribution in [0, 0.1) is 13.8 Å². The van der Waals surface area contributed by atoms with Gasteiger partial charge in [-0.25, -0.2) is 13.1 Å². The molecular weight excluding hydrogens is 288 g/mol. The first-order valence-corrected chi connectivity index (χ1v) is 8.60. The van der Waals surface area contributed by atoms with Crippen molar-refractivity contribution in [3.05, 3.63) is 28.8 Å². The molecule has 0 bridgehead atoms. The van der Waals surface area contributed by atoms with Crippen molar-refractivity contribution >= 4 is 10.0 Å². The molecule has 0 aliphatic rings. The quantitative estimate of drug-likeness (QED) is 0.767. The Morgan fingerprint density at radius 3 is 2.43 bits per heavy atom. The number of rotatable bonds is 8. The van der Waals surface area contributed by atoms with Crippen LogP contribution in [0.25, 0.3) is 0 Å². The Bertz CT molecular complexity index is 571. The number of benzene rings is 1. The zero-order valence-corrected chi connectivity index (χ0v) is 14.3. The van der Waals surface area contributed by atoms with Gasteiger partial charge in [0.2, 0.25) is 10.0 Å². The number of methoxy groups -OCH3 is 1. The second-order valence-electron chi connectivity index (χ2n) is 5.26. The predicted molar refractivity (Wildman–Crippen MR) is 85.0 cm³/mol. The number of sulfonamides is 1. The SMILES string of the molecule is CCC(COC)NS(=O)(=O)c1cc(CNC)c(C)cc1C. The summed E-state index contributed by atoms with van der Waals surface area (Å²) in [6, 6.07) is 3.45. The van der Waals surface area contributed by atoms with Gasteiger partial charge >= 0.3 is 0 Å². The first-order valence-electron chi connectivity index (χ1n) is 7.11. The largest absolute Gasteiger partial charge is 0.383 e. The van der Waals surface area contributed by atoms with E-state index in [1.54, 1.807) is 13.2 Å². The van der Waals surface area contributed by atoms with Gasteiger partial charge in [-0.15, -0.1) is 0 Å². The van der Waals surface area contributed by atoms with Crippen LogP contribution < -0.4 is 10.0 Å². The molecule has 0 saturated carbocycles. The lowest BCUT2D eigenvalue weighted by Gasteiger charge is -2.18. The smallest absolute Gasteiger partial charge is 0.241 e. The highest BCUT2D eigenvalue weighted by atomic mass is 32.2. The zero-order chi connectivity index (χ0) is 16.0. The van der Waals surface area contributed by atoms with E-state index < -0.39 is 10.0 Å². The molecule has 0 aliphatic heterocycles. The highest BCUT2D eigenvalue weighted by molar-refractivity contribution is 7.89. The van der Waals surface area contributed by atoms with Crippen molar-refractivity contribution in [2.75, 3.05) is 20.8 Å². The molecule has 0 saturated heterocycles. The number of ether oxygens (including phenoxy) is 1. The minimum atomic E-state index is -3.54. The average molecular weight is 314 g/mol. The number of hydrogen-bond donors (Lipinski definition) is 2. The monoisotopic (exact) mass is 314 g/mol. The highest BCUT2D eigenvalue weighted by Gasteiger charge is 2.22. The fourth-order valence-electron chi connectivity index (χ4n) is 2.26. The molecule has 0 aromatic heterocycles. The standard InChI is InChI=1S/C15H26N2O3S/c1-6-14(10-20-5)17-21(18,19)15-8-13(9-16-4)11(2)7-12(15)3/h7-8,14,16-17H,6,9-10H2,1-5H3. The van der Waals surface area contributed by atoms with E-state index >= 15 is 0 Å². The average Bonchev–Trinajstić information content (AvgIpc) is 2.41. The van der Waals surface area contributed by atoms with Crippen LogP contribution >= 0.6 is 0 Å². The van der Waals surface area contributed by atoms with E-state index in [1.807, 2.05) is 33.9 Å². The summed E-state index contributed by atoms with van der Waals surface area (Å²) in [5, 5.41) is 3.06. The lowest BCUT2D eigenvalue weighted by molar-refractivity contribution is 0.173. The second kappa shape index (κ2) is 7.89. The normalized spacial score (nSPS) is 13.4. The van der Waals surface area contributed by atoms with Crippen LogP contribution in [0.1, 0.15) is 30.0 Å². The van der Waals surface area contributed by atoms with Crippen molar-refractivity contribution < 1.29 is 13.2 Å². The lowest BCUT2D eigenvalue weighted by Crippen LogP contribution is -2.37. The molecule has 0 aliphatic carbocycles. The number of hydrogen-bond acceptors (Lipinski definition) is 4. The van der Waals surface area contributed by atoms with Crippen molar-refractivity contribution in [1.82, 2.24) is 10.0 Å². The minimum absolute atomic E-state index is 0.214. The molecule has 1 aromatic rings. The third-order valence-electron chi connectivity index (χ3n) is 3.47. The summed E-state index contributed by atoms with van der Waals surface area (Å²) in [7, 11) is -0.127. The Morgan fingerprint density at radius 2 is 1.90 bits per heavy atom. The van der Waals surface area contributed by atoms with E-state index in [9.17, 15) is 8.42 Å². The summed E-state index contributed by atoms with van der Waals surface area (Å²) in [6.45, 7) is 6.75. The first kappa shape index (κ1) is 18.1. The zero-order valence-electron chi connectivity index (χ0n) is 13.5. The summed E-state index contributed by atoms with van der Waals surface area (Å²) in [5.74, 6) is 0. The van der Waals surface area contributed by atoms with Crippen LogP contribution in [0.5, 0.6) is 0 Å². The number of aryl methyl sites for hydroxylation is 2. The highest BCUT2D eigenvalue weighted by Crippen LogP contribution is 2.21. The van der Waals surface area contributed by atoms with Crippen LogP contribution in [0.4, 0.5) is 0 Å². The molecule has 5 nitrogen and oxygen atoms in total. The van der Waals surface area contributed by atoms with Gasteiger partial charge in [-0.2, -0.15) is 0 Å². The van der Waals surface area contributed by atoms with Gasteiger partial charge in [0.15, 0.2) is 0 Å². The molecule has 0 radical (unpaired) electrons. The summed E-state index contributed by atoms with van der Waals surface area (Å²) in [4.78, 5) is 0.341. The van der Waals surface area contributed by atoms with Gasteiger partial charge in [-0.05, 0) is 50.1 Å². The van der Waals surface area contributed by atoms with E-state index in [0.717, 1.165) is 16.7 Å². The van der Waals surface area contributed by atoms with E-state index in [2.05, 4.69) is 10.0 Å². The summed E-state index contributed by atoms with van der Waals surface area (Å²) >= 11 is 0. The lowest BCUT2D eigenvalue weighted by atomic mass is 10.1. The van der Waals surface area contributed by atoms with Gasteiger partial charge in [-0.1, -0.05) is 13.0 Å². The number of nitrogens with one attached hydrogen (secondary N) is 2. The van der Waals surface area contributed by atoms with E-state index in [4.69, 9.17) is 4.74 Å². The maximum absolute atomic E-state index is 12.6. The Balaban J connectivity index is 3.15. The van der Waals surface area contributed by atoms with E-state index in [0.29, 0.717) is 24.5 Å². The topological polar surface area (TPSA) is 67.4 Å². The van der Waals surface area contributed by atoms with Gasteiger partial charge < -0.3 is 10.1 Å². The first-order chi connectivity index (χ1) is 9.85. The van der Waals surface area contributed by atoms with E-state index in [1.165, 1.54) is 0 Å². The Kier molecular flexibility index (Phi) is 6.80. The van der Waals surface area contributed by atoms with Gasteiger partial charge in [-0.3, -0.25) is 0 Å². The third kappa shape index (κ3) is 4.78. The maximum Gasteiger partial charge on any atom is 0.241 e. The Hall–Kier alpha value is -0.950. The van der Waals surface area contributed by atoms with Gasteiger partial charge in [0.25, 0.3) is 0 Å². The molecule has 1 atom stereocenters. The Morgan fingerprint density at radius 1 is 1.24 bits per heavy atom. The molecule has 0 heterocycles. The van der Waals surface area contributed by atoms with Crippen molar-refractivity contribution in [1.29, 1.82) is 0 Å². The van der Waals surface area contributed by atoms with Crippen LogP contribution in [0.15, 0.2) is 17.0 Å². The fourth-order valence-corrected chi connectivity index (χ4v) is 3.84. The molecule has 0 amide bonds. The van der Waals surface area contributed by atoms with Crippen LogP contribution in [-0.4, -0.2) is 35.2 Å². The van der Waals surface area contributed by atoms with Crippen LogP contribution in [-0.2, 0) is 21.3 Å². The van der Waals surface area contributed by atoms with Crippen molar-refractivity contribution in [3.63, 3.8) is 0 Å². The van der Waals surface area contributed by atoms with Crippen molar-refractivity contribution in [2.45, 2.75) is 44.7 Å². The predicted octanol–water partition coefficient (Wildman–Crippen LogP) is 1.73. The van der Waals surface area contributed by atoms with Gasteiger partial charge in [0, 0.05) is 19.7 Å². The second-order valence-corrected chi connectivity index (χ2v) is 6.94. The summed E-state index contributed by atoms with van der Waals surface area (Å²) in [5.41, 5.74) is 2.83. The molecular formula is C15H26N2O3S.